The van der Waals surface area contributed by atoms with Crippen molar-refractivity contribution in [2.75, 3.05) is 46.9 Å². The zero-order valence-corrected chi connectivity index (χ0v) is 12.8. The van der Waals surface area contributed by atoms with Crippen molar-refractivity contribution in [2.24, 2.45) is 0 Å². The quantitative estimate of drug-likeness (QED) is 0.689. The van der Waals surface area contributed by atoms with E-state index in [0.717, 1.165) is 32.8 Å². The molecule has 0 bridgehead atoms. The van der Waals surface area contributed by atoms with E-state index in [1.807, 2.05) is 0 Å². The maximum absolute atomic E-state index is 5.39. The summed E-state index contributed by atoms with van der Waals surface area (Å²) in [5.74, 6) is 0. The van der Waals surface area contributed by atoms with E-state index in [-0.39, 0.29) is 0 Å². The predicted octanol–water partition coefficient (Wildman–Crippen LogP) is 1.03. The molecule has 3 unspecified atom stereocenters. The van der Waals surface area contributed by atoms with Gasteiger partial charge < -0.3 is 10.1 Å². The predicted molar refractivity (Wildman–Crippen MR) is 77.1 cm³/mol. The van der Waals surface area contributed by atoms with E-state index in [2.05, 4.69) is 42.9 Å². The van der Waals surface area contributed by atoms with Crippen molar-refractivity contribution in [3.05, 3.63) is 0 Å². The molecule has 0 spiro atoms. The van der Waals surface area contributed by atoms with Gasteiger partial charge in [-0.05, 0) is 33.9 Å². The minimum atomic E-state index is 0.500. The molecule has 0 radical (unpaired) electrons. The van der Waals surface area contributed by atoms with Gasteiger partial charge in [0, 0.05) is 44.9 Å². The summed E-state index contributed by atoms with van der Waals surface area (Å²) in [4.78, 5) is 5.06. The third-order valence-electron chi connectivity index (χ3n) is 4.07. The second kappa shape index (κ2) is 8.10. The van der Waals surface area contributed by atoms with Gasteiger partial charge in [0.15, 0.2) is 0 Å². The van der Waals surface area contributed by atoms with Crippen molar-refractivity contribution in [1.29, 1.82) is 0 Å². The minimum Gasteiger partial charge on any atom is -0.383 e. The highest BCUT2D eigenvalue weighted by molar-refractivity contribution is 4.87. The number of hydrogen-bond donors (Lipinski definition) is 1. The Kier molecular flexibility index (Phi) is 7.15. The monoisotopic (exact) mass is 257 g/mol. The minimum absolute atomic E-state index is 0.500. The fourth-order valence-electron chi connectivity index (χ4n) is 2.67. The van der Waals surface area contributed by atoms with Crippen LogP contribution in [-0.2, 0) is 4.74 Å². The van der Waals surface area contributed by atoms with Crippen LogP contribution in [-0.4, -0.2) is 74.9 Å². The molecule has 1 aliphatic heterocycles. The number of rotatable bonds is 7. The smallest absolute Gasteiger partial charge is 0.0630 e. The van der Waals surface area contributed by atoms with E-state index in [1.165, 1.54) is 6.42 Å². The lowest BCUT2D eigenvalue weighted by Crippen LogP contribution is -2.60. The summed E-state index contributed by atoms with van der Waals surface area (Å²) >= 11 is 0. The molecule has 108 valence electrons. The van der Waals surface area contributed by atoms with E-state index < -0.39 is 0 Å². The van der Waals surface area contributed by atoms with Crippen LogP contribution >= 0.6 is 0 Å². The SMILES string of the molecule is CCCNCC(COC)N1CC(C)N(C)C(C)C1. The number of nitrogens with one attached hydrogen (secondary N) is 1. The first-order chi connectivity index (χ1) is 8.60. The highest BCUT2D eigenvalue weighted by Gasteiger charge is 2.30. The van der Waals surface area contributed by atoms with Gasteiger partial charge in [-0.3, -0.25) is 9.80 Å². The molecule has 1 saturated heterocycles. The highest BCUT2D eigenvalue weighted by atomic mass is 16.5. The topological polar surface area (TPSA) is 27.7 Å². The van der Waals surface area contributed by atoms with E-state index >= 15 is 0 Å². The zero-order chi connectivity index (χ0) is 13.5. The molecule has 1 aliphatic rings. The summed E-state index contributed by atoms with van der Waals surface area (Å²) in [5.41, 5.74) is 0. The summed E-state index contributed by atoms with van der Waals surface area (Å²) in [6.45, 7) is 12.1. The number of hydrogen-bond acceptors (Lipinski definition) is 4. The van der Waals surface area contributed by atoms with Gasteiger partial charge in [0.2, 0.25) is 0 Å². The van der Waals surface area contributed by atoms with Crippen LogP contribution in [0.2, 0.25) is 0 Å². The lowest BCUT2D eigenvalue weighted by molar-refractivity contribution is 0.00843. The molecule has 0 saturated carbocycles. The first kappa shape index (κ1) is 15.9. The highest BCUT2D eigenvalue weighted by Crippen LogP contribution is 2.15. The molecule has 1 fully saturated rings. The average molecular weight is 257 g/mol. The number of ether oxygens (including phenoxy) is 1. The van der Waals surface area contributed by atoms with Crippen molar-refractivity contribution < 1.29 is 4.74 Å². The van der Waals surface area contributed by atoms with Crippen molar-refractivity contribution in [1.82, 2.24) is 15.1 Å². The lowest BCUT2D eigenvalue weighted by Gasteiger charge is -2.45. The van der Waals surface area contributed by atoms with Crippen LogP contribution in [0.4, 0.5) is 0 Å². The molecule has 0 amide bonds. The number of piperazine rings is 1. The molecule has 0 aliphatic carbocycles. The van der Waals surface area contributed by atoms with Gasteiger partial charge >= 0.3 is 0 Å². The summed E-state index contributed by atoms with van der Waals surface area (Å²) in [6.07, 6.45) is 1.19. The Morgan fingerprint density at radius 3 is 2.39 bits per heavy atom. The number of methoxy groups -OCH3 is 1. The van der Waals surface area contributed by atoms with Crippen LogP contribution in [0.25, 0.3) is 0 Å². The average Bonchev–Trinajstić information content (AvgIpc) is 2.34. The normalized spacial score (nSPS) is 28.5. The number of likely N-dealkylation sites (N-methyl/N-ethyl adjacent to an activating group) is 1. The van der Waals surface area contributed by atoms with Crippen molar-refractivity contribution in [2.45, 2.75) is 45.3 Å². The van der Waals surface area contributed by atoms with Crippen LogP contribution in [0.1, 0.15) is 27.2 Å². The zero-order valence-electron chi connectivity index (χ0n) is 12.8. The summed E-state index contributed by atoms with van der Waals surface area (Å²) in [5, 5.41) is 3.52. The van der Waals surface area contributed by atoms with Crippen LogP contribution in [0.3, 0.4) is 0 Å². The van der Waals surface area contributed by atoms with Gasteiger partial charge in [-0.2, -0.15) is 0 Å². The van der Waals surface area contributed by atoms with Gasteiger partial charge in [-0.1, -0.05) is 6.92 Å². The Labute approximate surface area is 113 Å². The second-order valence-electron chi connectivity index (χ2n) is 5.63. The Morgan fingerprint density at radius 1 is 1.28 bits per heavy atom. The fourth-order valence-corrected chi connectivity index (χ4v) is 2.67. The van der Waals surface area contributed by atoms with Crippen LogP contribution in [0.15, 0.2) is 0 Å². The summed E-state index contributed by atoms with van der Waals surface area (Å²) in [6, 6.07) is 1.75. The Hall–Kier alpha value is -0.160. The third kappa shape index (κ3) is 4.50. The van der Waals surface area contributed by atoms with Gasteiger partial charge in [0.25, 0.3) is 0 Å². The molecule has 4 heteroatoms. The van der Waals surface area contributed by atoms with Crippen molar-refractivity contribution in [3.63, 3.8) is 0 Å². The lowest BCUT2D eigenvalue weighted by atomic mass is 10.1. The number of nitrogens with zero attached hydrogens (tertiary/aromatic N) is 2. The summed E-state index contributed by atoms with van der Waals surface area (Å²) in [7, 11) is 4.03. The first-order valence-electron chi connectivity index (χ1n) is 7.25. The largest absolute Gasteiger partial charge is 0.383 e. The maximum atomic E-state index is 5.39. The molecule has 1 heterocycles. The van der Waals surface area contributed by atoms with E-state index in [1.54, 1.807) is 7.11 Å². The van der Waals surface area contributed by atoms with Gasteiger partial charge in [-0.25, -0.2) is 0 Å². The molecule has 3 atom stereocenters. The van der Waals surface area contributed by atoms with E-state index in [9.17, 15) is 0 Å². The molecule has 0 aromatic rings. The Bertz CT molecular complexity index is 213. The molecule has 1 N–H and O–H groups in total. The van der Waals surface area contributed by atoms with Crippen LogP contribution in [0.5, 0.6) is 0 Å². The Balaban J connectivity index is 2.50. The molecular formula is C14H31N3O. The van der Waals surface area contributed by atoms with E-state index in [4.69, 9.17) is 4.74 Å². The molecule has 4 nitrogen and oxygen atoms in total. The van der Waals surface area contributed by atoms with Crippen LogP contribution in [0, 0.1) is 0 Å². The van der Waals surface area contributed by atoms with E-state index in [0.29, 0.717) is 18.1 Å². The van der Waals surface area contributed by atoms with Gasteiger partial charge in [-0.15, -0.1) is 0 Å². The molecule has 0 aromatic carbocycles. The molecular weight excluding hydrogens is 226 g/mol. The summed E-state index contributed by atoms with van der Waals surface area (Å²) < 4.78 is 5.39. The van der Waals surface area contributed by atoms with Crippen molar-refractivity contribution >= 4 is 0 Å². The molecule has 18 heavy (non-hydrogen) atoms. The Morgan fingerprint density at radius 2 is 1.89 bits per heavy atom. The fraction of sp³-hybridized carbons (Fsp3) is 1.00. The van der Waals surface area contributed by atoms with Crippen molar-refractivity contribution in [3.8, 4) is 0 Å². The maximum Gasteiger partial charge on any atom is 0.0630 e. The van der Waals surface area contributed by atoms with Gasteiger partial charge in [0.1, 0.15) is 0 Å². The third-order valence-corrected chi connectivity index (χ3v) is 4.07. The standard InChI is InChI=1S/C14H31N3O/c1-6-7-15-8-14(11-18-5)17-9-12(2)16(4)13(3)10-17/h12-15H,6-11H2,1-5H3. The molecule has 0 aromatic heterocycles. The second-order valence-corrected chi connectivity index (χ2v) is 5.63. The first-order valence-corrected chi connectivity index (χ1v) is 7.25. The van der Waals surface area contributed by atoms with Crippen LogP contribution < -0.4 is 5.32 Å². The van der Waals surface area contributed by atoms with Gasteiger partial charge in [0.05, 0.1) is 6.61 Å². The molecule has 1 rings (SSSR count).